The molecule has 0 aliphatic carbocycles. The lowest BCUT2D eigenvalue weighted by Gasteiger charge is -2.32. The smallest absolute Gasteiger partial charge is 0.228 e. The Morgan fingerprint density at radius 2 is 2.31 bits per heavy atom. The van der Waals surface area contributed by atoms with Crippen molar-refractivity contribution in [3.63, 3.8) is 0 Å². The fourth-order valence-corrected chi connectivity index (χ4v) is 4.45. The predicted molar refractivity (Wildman–Crippen MR) is 106 cm³/mol. The molecule has 4 rings (SSSR count). The molecular formula is C17H20BrN5O2S. The summed E-state index contributed by atoms with van der Waals surface area (Å²) >= 11 is 5.18. The molecular weight excluding hydrogens is 418 g/mol. The fourth-order valence-electron chi connectivity index (χ4n) is 2.96. The van der Waals surface area contributed by atoms with Crippen molar-refractivity contribution in [2.45, 2.75) is 32.9 Å². The van der Waals surface area contributed by atoms with Gasteiger partial charge in [0.2, 0.25) is 5.95 Å². The van der Waals surface area contributed by atoms with Crippen molar-refractivity contribution in [1.29, 1.82) is 0 Å². The molecule has 1 aliphatic rings. The summed E-state index contributed by atoms with van der Waals surface area (Å²) in [7, 11) is 0. The molecule has 7 nitrogen and oxygen atoms in total. The molecule has 0 amide bonds. The lowest BCUT2D eigenvalue weighted by molar-refractivity contribution is 0.0379. The zero-order valence-corrected chi connectivity index (χ0v) is 17.1. The van der Waals surface area contributed by atoms with Gasteiger partial charge in [-0.2, -0.15) is 4.98 Å². The topological polar surface area (TPSA) is 76.3 Å². The van der Waals surface area contributed by atoms with E-state index in [0.29, 0.717) is 19.0 Å². The van der Waals surface area contributed by atoms with Crippen molar-refractivity contribution in [3.8, 4) is 0 Å². The second kappa shape index (κ2) is 7.50. The summed E-state index contributed by atoms with van der Waals surface area (Å²) in [5, 5.41) is 3.38. The normalized spacial score (nSPS) is 17.8. The van der Waals surface area contributed by atoms with Crippen LogP contribution in [0.3, 0.4) is 0 Å². The fraction of sp³-hybridized carbons (Fsp3) is 0.471. The summed E-state index contributed by atoms with van der Waals surface area (Å²) in [5.74, 6) is 2.99. The van der Waals surface area contributed by atoms with Crippen molar-refractivity contribution in [3.05, 3.63) is 27.7 Å². The van der Waals surface area contributed by atoms with Gasteiger partial charge in [0.25, 0.3) is 0 Å². The van der Waals surface area contributed by atoms with E-state index in [1.165, 1.54) is 0 Å². The van der Waals surface area contributed by atoms with Crippen LogP contribution in [0.15, 0.2) is 20.5 Å². The van der Waals surface area contributed by atoms with Gasteiger partial charge in [-0.1, -0.05) is 6.92 Å². The summed E-state index contributed by atoms with van der Waals surface area (Å²) in [6.07, 6.45) is 2.95. The molecule has 26 heavy (non-hydrogen) atoms. The quantitative estimate of drug-likeness (QED) is 0.646. The van der Waals surface area contributed by atoms with E-state index in [9.17, 15) is 0 Å². The lowest BCUT2D eigenvalue weighted by Crippen LogP contribution is -2.43. The van der Waals surface area contributed by atoms with Crippen LogP contribution in [0, 0.1) is 6.92 Å². The van der Waals surface area contributed by atoms with Crippen LogP contribution in [0.2, 0.25) is 0 Å². The minimum atomic E-state index is 0.228. The first-order valence-corrected chi connectivity index (χ1v) is 10.2. The average molecular weight is 438 g/mol. The zero-order chi connectivity index (χ0) is 18.1. The Bertz CT molecular complexity index is 912. The average Bonchev–Trinajstić information content (AvgIpc) is 3.24. The number of anilines is 2. The number of nitrogens with one attached hydrogen (secondary N) is 1. The number of ether oxygens (including phenoxy) is 1. The molecule has 9 heteroatoms. The van der Waals surface area contributed by atoms with Crippen molar-refractivity contribution in [1.82, 2.24) is 15.0 Å². The van der Waals surface area contributed by atoms with Gasteiger partial charge in [-0.15, -0.1) is 11.3 Å². The van der Waals surface area contributed by atoms with Gasteiger partial charge < -0.3 is 19.4 Å². The summed E-state index contributed by atoms with van der Waals surface area (Å²) in [6, 6.07) is 2.03. The van der Waals surface area contributed by atoms with Crippen LogP contribution in [0.25, 0.3) is 10.2 Å². The largest absolute Gasteiger partial charge is 0.444 e. The number of fused-ring (bicyclic) bond motifs is 1. The number of thiophene rings is 1. The number of nitrogens with zero attached hydrogens (tertiary/aromatic N) is 4. The molecule has 3 aromatic rings. The summed E-state index contributed by atoms with van der Waals surface area (Å²) < 4.78 is 13.4. The minimum absolute atomic E-state index is 0.228. The Labute approximate surface area is 163 Å². The number of aryl methyl sites for hydroxylation is 1. The molecule has 1 fully saturated rings. The Kier molecular flexibility index (Phi) is 5.10. The van der Waals surface area contributed by atoms with E-state index in [-0.39, 0.29) is 6.10 Å². The molecule has 0 bridgehead atoms. The molecule has 1 atom stereocenters. The van der Waals surface area contributed by atoms with Gasteiger partial charge in [0, 0.05) is 20.0 Å². The van der Waals surface area contributed by atoms with Gasteiger partial charge in [0.05, 0.1) is 39.5 Å². The molecule has 3 aromatic heterocycles. The SMILES string of the molecule is CC[C@@H]1CN(c2nc(NCc3cnc(C)o3)c3sc(Br)cc3n2)CCO1. The van der Waals surface area contributed by atoms with Crippen LogP contribution in [0.5, 0.6) is 0 Å². The van der Waals surface area contributed by atoms with Gasteiger partial charge in [0.15, 0.2) is 5.89 Å². The highest BCUT2D eigenvalue weighted by molar-refractivity contribution is 9.11. The van der Waals surface area contributed by atoms with Gasteiger partial charge in [0.1, 0.15) is 11.6 Å². The van der Waals surface area contributed by atoms with Gasteiger partial charge in [-0.25, -0.2) is 9.97 Å². The summed E-state index contributed by atoms with van der Waals surface area (Å²) in [5.41, 5.74) is 0.933. The van der Waals surface area contributed by atoms with E-state index in [1.54, 1.807) is 17.5 Å². The Morgan fingerprint density at radius 1 is 1.42 bits per heavy atom. The molecule has 0 spiro atoms. The molecule has 0 aromatic carbocycles. The highest BCUT2D eigenvalue weighted by Crippen LogP contribution is 2.34. The van der Waals surface area contributed by atoms with Gasteiger partial charge in [-0.05, 0) is 28.4 Å². The summed E-state index contributed by atoms with van der Waals surface area (Å²) in [6.45, 7) is 6.82. The number of oxazole rings is 1. The van der Waals surface area contributed by atoms with Crippen molar-refractivity contribution in [2.24, 2.45) is 0 Å². The first-order chi connectivity index (χ1) is 12.6. The second-order valence-corrected chi connectivity index (χ2v) is 8.61. The Morgan fingerprint density at radius 3 is 3.08 bits per heavy atom. The van der Waals surface area contributed by atoms with E-state index in [0.717, 1.165) is 51.0 Å². The maximum Gasteiger partial charge on any atom is 0.228 e. The number of hydrogen-bond donors (Lipinski definition) is 1. The number of aromatic nitrogens is 3. The number of hydrogen-bond acceptors (Lipinski definition) is 8. The van der Waals surface area contributed by atoms with Crippen molar-refractivity contribution >= 4 is 49.2 Å². The highest BCUT2D eigenvalue weighted by atomic mass is 79.9. The second-order valence-electron chi connectivity index (χ2n) is 6.18. The van der Waals surface area contributed by atoms with Crippen LogP contribution in [0.1, 0.15) is 25.0 Å². The van der Waals surface area contributed by atoms with E-state index >= 15 is 0 Å². The van der Waals surface area contributed by atoms with Gasteiger partial charge >= 0.3 is 0 Å². The van der Waals surface area contributed by atoms with Crippen LogP contribution in [-0.2, 0) is 11.3 Å². The maximum absolute atomic E-state index is 5.77. The first kappa shape index (κ1) is 17.7. The molecule has 1 aliphatic heterocycles. The van der Waals surface area contributed by atoms with Crippen LogP contribution < -0.4 is 10.2 Å². The monoisotopic (exact) mass is 437 g/mol. The van der Waals surface area contributed by atoms with E-state index in [4.69, 9.17) is 19.1 Å². The predicted octanol–water partition coefficient (Wildman–Crippen LogP) is 3.98. The zero-order valence-electron chi connectivity index (χ0n) is 14.7. The summed E-state index contributed by atoms with van der Waals surface area (Å²) in [4.78, 5) is 15.9. The number of morpholine rings is 1. The van der Waals surface area contributed by atoms with Gasteiger partial charge in [-0.3, -0.25) is 0 Å². The molecule has 0 radical (unpaired) electrons. The van der Waals surface area contributed by atoms with Crippen molar-refractivity contribution < 1.29 is 9.15 Å². The Balaban J connectivity index is 1.64. The van der Waals surface area contributed by atoms with Crippen molar-refractivity contribution in [2.75, 3.05) is 29.9 Å². The van der Waals surface area contributed by atoms with E-state index in [1.807, 2.05) is 13.0 Å². The number of halogens is 1. The third kappa shape index (κ3) is 3.70. The molecule has 1 N–H and O–H groups in total. The Hall–Kier alpha value is -1.71. The van der Waals surface area contributed by atoms with Crippen LogP contribution in [-0.4, -0.2) is 40.8 Å². The molecule has 138 valence electrons. The maximum atomic E-state index is 5.77. The van der Waals surface area contributed by atoms with E-state index < -0.39 is 0 Å². The minimum Gasteiger partial charge on any atom is -0.444 e. The van der Waals surface area contributed by atoms with E-state index in [2.05, 4.69) is 38.1 Å². The third-order valence-electron chi connectivity index (χ3n) is 4.31. The highest BCUT2D eigenvalue weighted by Gasteiger charge is 2.23. The molecule has 1 saturated heterocycles. The molecule has 4 heterocycles. The first-order valence-electron chi connectivity index (χ1n) is 8.61. The molecule has 0 unspecified atom stereocenters. The third-order valence-corrected chi connectivity index (χ3v) is 5.94. The molecule has 0 saturated carbocycles. The van der Waals surface area contributed by atoms with Crippen LogP contribution >= 0.6 is 27.3 Å². The lowest BCUT2D eigenvalue weighted by atomic mass is 10.2. The standard InChI is InChI=1S/C17H20BrN5O2S/c1-3-11-9-23(4-5-24-11)17-21-13-6-14(18)26-15(13)16(22-17)20-8-12-7-19-10(2)25-12/h6-7,11H,3-5,8-9H2,1-2H3,(H,20,21,22)/t11-/m1/s1. The number of rotatable bonds is 5. The van der Waals surface area contributed by atoms with Crippen LogP contribution in [0.4, 0.5) is 11.8 Å².